The number of benzene rings is 1. The van der Waals surface area contributed by atoms with Gasteiger partial charge in [0.1, 0.15) is 0 Å². The number of halogens is 1. The molecular weight excluding hydrogens is 254 g/mol. The summed E-state index contributed by atoms with van der Waals surface area (Å²) in [6.07, 6.45) is 1.24. The lowest BCUT2D eigenvalue weighted by molar-refractivity contribution is 0.0850. The Morgan fingerprint density at radius 2 is 2.17 bits per heavy atom. The van der Waals surface area contributed by atoms with Crippen LogP contribution in [0.2, 0.25) is 5.02 Å². The predicted octanol–water partition coefficient (Wildman–Crippen LogP) is 1.61. The van der Waals surface area contributed by atoms with Crippen LogP contribution in [-0.2, 0) is 4.74 Å². The Kier molecular flexibility index (Phi) is 4.22. The molecule has 18 heavy (non-hydrogen) atoms. The molecule has 98 valence electrons. The van der Waals surface area contributed by atoms with E-state index in [0.717, 1.165) is 6.42 Å². The minimum absolute atomic E-state index is 0.0320. The molecule has 0 spiro atoms. The van der Waals surface area contributed by atoms with Crippen LogP contribution in [-0.4, -0.2) is 36.4 Å². The van der Waals surface area contributed by atoms with Gasteiger partial charge in [-0.3, -0.25) is 4.79 Å². The second-order valence-electron chi connectivity index (χ2n) is 4.52. The number of carbonyl (C=O) groups is 1. The zero-order valence-electron chi connectivity index (χ0n) is 9.99. The third-order valence-corrected chi connectivity index (χ3v) is 3.43. The quantitative estimate of drug-likeness (QED) is 0.873. The monoisotopic (exact) mass is 269 g/mol. The van der Waals surface area contributed by atoms with Crippen LogP contribution >= 0.6 is 11.6 Å². The lowest BCUT2D eigenvalue weighted by Crippen LogP contribution is -2.49. The SMILES string of the molecule is O=C(NC1(CCO)CCOC1)c1ccc(Cl)cc1. The number of hydrogen-bond acceptors (Lipinski definition) is 3. The van der Waals surface area contributed by atoms with E-state index in [0.29, 0.717) is 30.2 Å². The standard InChI is InChI=1S/C13H16ClNO3/c14-11-3-1-10(2-4-11)12(17)15-13(5-7-16)6-8-18-9-13/h1-4,16H,5-9H2,(H,15,17). The van der Waals surface area contributed by atoms with E-state index in [4.69, 9.17) is 21.4 Å². The highest BCUT2D eigenvalue weighted by atomic mass is 35.5. The molecule has 1 aromatic rings. The fraction of sp³-hybridized carbons (Fsp3) is 0.462. The highest BCUT2D eigenvalue weighted by Gasteiger charge is 2.35. The van der Waals surface area contributed by atoms with E-state index in [2.05, 4.69) is 5.32 Å². The van der Waals surface area contributed by atoms with E-state index in [1.165, 1.54) is 0 Å². The van der Waals surface area contributed by atoms with E-state index in [1.54, 1.807) is 24.3 Å². The molecule has 5 heteroatoms. The normalized spacial score (nSPS) is 23.0. The van der Waals surface area contributed by atoms with Crippen molar-refractivity contribution in [2.45, 2.75) is 18.4 Å². The van der Waals surface area contributed by atoms with Crippen molar-refractivity contribution >= 4 is 17.5 Å². The summed E-state index contributed by atoms with van der Waals surface area (Å²) in [5, 5.41) is 12.6. The minimum Gasteiger partial charge on any atom is -0.396 e. The van der Waals surface area contributed by atoms with Crippen LogP contribution in [0.1, 0.15) is 23.2 Å². The van der Waals surface area contributed by atoms with E-state index in [9.17, 15) is 4.79 Å². The van der Waals surface area contributed by atoms with Crippen molar-refractivity contribution in [2.24, 2.45) is 0 Å². The molecule has 2 N–H and O–H groups in total. The molecule has 1 aliphatic rings. The van der Waals surface area contributed by atoms with Crippen molar-refractivity contribution in [3.05, 3.63) is 34.9 Å². The molecule has 1 aliphatic heterocycles. The van der Waals surface area contributed by atoms with Crippen LogP contribution in [0.4, 0.5) is 0 Å². The van der Waals surface area contributed by atoms with Crippen molar-refractivity contribution in [1.82, 2.24) is 5.32 Å². The van der Waals surface area contributed by atoms with Crippen molar-refractivity contribution in [2.75, 3.05) is 19.8 Å². The Morgan fingerprint density at radius 1 is 1.44 bits per heavy atom. The zero-order chi connectivity index (χ0) is 13.0. The van der Waals surface area contributed by atoms with Crippen LogP contribution in [0.5, 0.6) is 0 Å². The molecule has 0 saturated carbocycles. The lowest BCUT2D eigenvalue weighted by atomic mass is 9.94. The van der Waals surface area contributed by atoms with Gasteiger partial charge in [0.25, 0.3) is 5.91 Å². The zero-order valence-corrected chi connectivity index (χ0v) is 10.7. The molecule has 1 amide bonds. The number of ether oxygens (including phenoxy) is 1. The molecule has 1 saturated heterocycles. The van der Waals surface area contributed by atoms with Gasteiger partial charge in [-0.2, -0.15) is 0 Å². The van der Waals surface area contributed by atoms with Gasteiger partial charge in [-0.15, -0.1) is 0 Å². The first-order valence-electron chi connectivity index (χ1n) is 5.92. The number of nitrogens with one attached hydrogen (secondary N) is 1. The van der Waals surface area contributed by atoms with Crippen molar-refractivity contribution in [1.29, 1.82) is 0 Å². The van der Waals surface area contributed by atoms with Gasteiger partial charge in [-0.05, 0) is 37.1 Å². The second-order valence-corrected chi connectivity index (χ2v) is 4.95. The van der Waals surface area contributed by atoms with Gasteiger partial charge in [0.2, 0.25) is 0 Å². The second kappa shape index (κ2) is 5.69. The summed E-state index contributed by atoms with van der Waals surface area (Å²) in [7, 11) is 0. The topological polar surface area (TPSA) is 58.6 Å². The molecule has 2 rings (SSSR count). The molecule has 0 aliphatic carbocycles. The highest BCUT2D eigenvalue weighted by molar-refractivity contribution is 6.30. The van der Waals surface area contributed by atoms with Crippen LogP contribution in [0.3, 0.4) is 0 Å². The first kappa shape index (κ1) is 13.3. The molecule has 1 atom stereocenters. The molecule has 1 aromatic carbocycles. The van der Waals surface area contributed by atoms with Crippen LogP contribution < -0.4 is 5.32 Å². The molecule has 4 nitrogen and oxygen atoms in total. The largest absolute Gasteiger partial charge is 0.396 e. The van der Waals surface area contributed by atoms with E-state index < -0.39 is 5.54 Å². The average Bonchev–Trinajstić information content (AvgIpc) is 2.79. The van der Waals surface area contributed by atoms with E-state index in [1.807, 2.05) is 0 Å². The molecule has 1 heterocycles. The van der Waals surface area contributed by atoms with E-state index >= 15 is 0 Å². The molecule has 0 radical (unpaired) electrons. The molecule has 1 fully saturated rings. The number of carbonyl (C=O) groups excluding carboxylic acids is 1. The van der Waals surface area contributed by atoms with Crippen molar-refractivity contribution < 1.29 is 14.6 Å². The van der Waals surface area contributed by atoms with Gasteiger partial charge in [-0.1, -0.05) is 11.6 Å². The Labute approximate surface area is 111 Å². The molecule has 0 bridgehead atoms. The van der Waals surface area contributed by atoms with Gasteiger partial charge in [0, 0.05) is 23.8 Å². The Balaban J connectivity index is 2.07. The third kappa shape index (κ3) is 3.02. The summed E-state index contributed by atoms with van der Waals surface area (Å²) in [4.78, 5) is 12.1. The maximum Gasteiger partial charge on any atom is 0.251 e. The van der Waals surface area contributed by atoms with Gasteiger partial charge in [0.05, 0.1) is 12.1 Å². The third-order valence-electron chi connectivity index (χ3n) is 3.18. The lowest BCUT2D eigenvalue weighted by Gasteiger charge is -2.28. The number of rotatable bonds is 4. The van der Waals surface area contributed by atoms with E-state index in [-0.39, 0.29) is 12.5 Å². The summed E-state index contributed by atoms with van der Waals surface area (Å²) in [6, 6.07) is 6.72. The van der Waals surface area contributed by atoms with Crippen LogP contribution in [0.15, 0.2) is 24.3 Å². The summed E-state index contributed by atoms with van der Waals surface area (Å²) >= 11 is 5.78. The van der Waals surface area contributed by atoms with Gasteiger partial charge in [-0.25, -0.2) is 0 Å². The average molecular weight is 270 g/mol. The van der Waals surface area contributed by atoms with Crippen LogP contribution in [0, 0.1) is 0 Å². The number of amides is 1. The van der Waals surface area contributed by atoms with Crippen molar-refractivity contribution in [3.63, 3.8) is 0 Å². The number of aliphatic hydroxyl groups is 1. The Morgan fingerprint density at radius 3 is 2.72 bits per heavy atom. The van der Waals surface area contributed by atoms with Gasteiger partial charge in [0.15, 0.2) is 0 Å². The maximum absolute atomic E-state index is 12.1. The maximum atomic E-state index is 12.1. The summed E-state index contributed by atoms with van der Waals surface area (Å²) < 4.78 is 5.32. The van der Waals surface area contributed by atoms with Gasteiger partial charge < -0.3 is 15.2 Å². The first-order valence-corrected chi connectivity index (χ1v) is 6.30. The number of hydrogen-bond donors (Lipinski definition) is 2. The fourth-order valence-electron chi connectivity index (χ4n) is 2.09. The predicted molar refractivity (Wildman–Crippen MR) is 68.8 cm³/mol. The highest BCUT2D eigenvalue weighted by Crippen LogP contribution is 2.23. The molecule has 0 aromatic heterocycles. The van der Waals surface area contributed by atoms with Gasteiger partial charge >= 0.3 is 0 Å². The minimum atomic E-state index is -0.439. The number of aliphatic hydroxyl groups excluding tert-OH is 1. The smallest absolute Gasteiger partial charge is 0.251 e. The Bertz CT molecular complexity index is 413. The molecular formula is C13H16ClNO3. The summed E-state index contributed by atoms with van der Waals surface area (Å²) in [5.74, 6) is -0.161. The fourth-order valence-corrected chi connectivity index (χ4v) is 2.22. The molecule has 1 unspecified atom stereocenters. The first-order chi connectivity index (χ1) is 8.65. The van der Waals surface area contributed by atoms with Crippen molar-refractivity contribution in [3.8, 4) is 0 Å². The summed E-state index contributed by atoms with van der Waals surface area (Å²) in [6.45, 7) is 1.10. The Hall–Kier alpha value is -1.10. The van der Waals surface area contributed by atoms with Crippen LogP contribution in [0.25, 0.3) is 0 Å². The summed E-state index contributed by atoms with van der Waals surface area (Å²) in [5.41, 5.74) is 0.120.